The summed E-state index contributed by atoms with van der Waals surface area (Å²) in [7, 11) is 5.74. The number of imidazole rings is 1. The summed E-state index contributed by atoms with van der Waals surface area (Å²) < 4.78 is 3.80. The van der Waals surface area contributed by atoms with Crippen LogP contribution in [0.15, 0.2) is 18.5 Å². The van der Waals surface area contributed by atoms with Crippen molar-refractivity contribution < 1.29 is 4.79 Å². The van der Waals surface area contributed by atoms with Crippen molar-refractivity contribution in [2.75, 3.05) is 24.3 Å². The molecule has 8 heteroatoms. The summed E-state index contributed by atoms with van der Waals surface area (Å²) in [6.45, 7) is 6.38. The topological polar surface area (TPSA) is 90.9 Å². The fourth-order valence-corrected chi connectivity index (χ4v) is 2.52. The van der Waals surface area contributed by atoms with Gasteiger partial charge in [-0.3, -0.25) is 5.32 Å². The molecule has 2 aromatic rings. The molecule has 0 bridgehead atoms. The van der Waals surface area contributed by atoms with Gasteiger partial charge in [0, 0.05) is 32.9 Å². The first-order valence-corrected chi connectivity index (χ1v) is 7.99. The summed E-state index contributed by atoms with van der Waals surface area (Å²) in [5.41, 5.74) is 1.15. The van der Waals surface area contributed by atoms with E-state index in [1.807, 2.05) is 55.9 Å². The lowest BCUT2D eigenvalue weighted by Gasteiger charge is -2.24. The van der Waals surface area contributed by atoms with E-state index in [4.69, 9.17) is 5.26 Å². The molecule has 0 aliphatic heterocycles. The van der Waals surface area contributed by atoms with Gasteiger partial charge >= 0.3 is 6.03 Å². The Morgan fingerprint density at radius 2 is 2.08 bits per heavy atom. The summed E-state index contributed by atoms with van der Waals surface area (Å²) in [6.07, 6.45) is 3.47. The average molecular weight is 343 g/mol. The molecule has 0 aromatic carbocycles. The Morgan fingerprint density at radius 3 is 2.60 bits per heavy atom. The summed E-state index contributed by atoms with van der Waals surface area (Å²) in [5, 5.41) is 14.7. The van der Waals surface area contributed by atoms with E-state index in [1.54, 1.807) is 18.5 Å². The Hall–Kier alpha value is -2.95. The third kappa shape index (κ3) is 4.12. The number of aromatic nitrogens is 3. The molecule has 0 fully saturated rings. The van der Waals surface area contributed by atoms with Gasteiger partial charge in [-0.2, -0.15) is 5.26 Å². The minimum Gasteiger partial charge on any atom is -0.348 e. The molecular formula is C17H25N7O. The molecular weight excluding hydrogens is 318 g/mol. The van der Waals surface area contributed by atoms with Crippen LogP contribution in [-0.4, -0.2) is 34.2 Å². The molecule has 0 radical (unpaired) electrons. The van der Waals surface area contributed by atoms with Gasteiger partial charge in [0.2, 0.25) is 5.95 Å². The summed E-state index contributed by atoms with van der Waals surface area (Å²) in [6, 6.07) is 3.44. The van der Waals surface area contributed by atoms with Crippen LogP contribution in [0, 0.1) is 11.3 Å². The minimum atomic E-state index is -0.333. The van der Waals surface area contributed by atoms with Gasteiger partial charge in [0.05, 0.1) is 24.0 Å². The van der Waals surface area contributed by atoms with Crippen molar-refractivity contribution in [2.24, 2.45) is 7.05 Å². The number of nitriles is 1. The van der Waals surface area contributed by atoms with E-state index in [0.29, 0.717) is 17.9 Å². The predicted octanol–water partition coefficient (Wildman–Crippen LogP) is 2.24. The highest BCUT2D eigenvalue weighted by Crippen LogP contribution is 2.23. The van der Waals surface area contributed by atoms with Crippen molar-refractivity contribution in [3.8, 4) is 6.07 Å². The number of nitrogens with zero attached hydrogens (tertiary/aromatic N) is 5. The fraction of sp³-hybridized carbons (Fsp3) is 0.471. The smallest absolute Gasteiger partial charge is 0.320 e. The largest absolute Gasteiger partial charge is 0.348 e. The minimum absolute atomic E-state index is 0.250. The van der Waals surface area contributed by atoms with Crippen molar-refractivity contribution >= 4 is 17.8 Å². The number of hydrogen-bond donors (Lipinski definition) is 2. The van der Waals surface area contributed by atoms with E-state index >= 15 is 0 Å². The Balaban J connectivity index is 2.06. The molecule has 2 rings (SSSR count). The van der Waals surface area contributed by atoms with Crippen LogP contribution in [0.5, 0.6) is 0 Å². The quantitative estimate of drug-likeness (QED) is 0.891. The molecule has 0 unspecified atom stereocenters. The van der Waals surface area contributed by atoms with Crippen LogP contribution in [0.25, 0.3) is 0 Å². The van der Waals surface area contributed by atoms with Gasteiger partial charge in [0.25, 0.3) is 0 Å². The van der Waals surface area contributed by atoms with Gasteiger partial charge in [-0.1, -0.05) is 0 Å². The van der Waals surface area contributed by atoms with Gasteiger partial charge in [-0.15, -0.1) is 0 Å². The highest BCUT2D eigenvalue weighted by Gasteiger charge is 2.19. The molecule has 0 spiro atoms. The summed E-state index contributed by atoms with van der Waals surface area (Å²) >= 11 is 0. The molecule has 0 aliphatic carbocycles. The monoisotopic (exact) mass is 343 g/mol. The maximum atomic E-state index is 12.3. The lowest BCUT2D eigenvalue weighted by molar-refractivity contribution is 0.251. The first kappa shape index (κ1) is 18.4. The molecule has 0 saturated heterocycles. The normalized spacial score (nSPS) is 11.1. The number of nitrogens with one attached hydrogen (secondary N) is 2. The summed E-state index contributed by atoms with van der Waals surface area (Å²) in [4.78, 5) is 18.5. The zero-order valence-electron chi connectivity index (χ0n) is 15.6. The Labute approximate surface area is 148 Å². The Bertz CT molecular complexity index is 802. The molecule has 0 atom stereocenters. The second kappa shape index (κ2) is 6.89. The van der Waals surface area contributed by atoms with Gasteiger partial charge < -0.3 is 19.4 Å². The van der Waals surface area contributed by atoms with E-state index in [2.05, 4.69) is 21.7 Å². The lowest BCUT2D eigenvalue weighted by atomic mass is 10.1. The second-order valence-electron chi connectivity index (χ2n) is 7.08. The molecule has 0 aliphatic rings. The Kier molecular flexibility index (Phi) is 5.07. The van der Waals surface area contributed by atoms with Crippen molar-refractivity contribution in [3.63, 3.8) is 0 Å². The molecule has 2 heterocycles. The third-order valence-electron chi connectivity index (χ3n) is 3.80. The SMILES string of the molecule is CN(C)c1ncc(CNC(=O)Nc2cc(C#N)cn2C(C)(C)C)n1C. The van der Waals surface area contributed by atoms with Crippen molar-refractivity contribution in [2.45, 2.75) is 32.9 Å². The van der Waals surface area contributed by atoms with Gasteiger partial charge in [-0.25, -0.2) is 9.78 Å². The number of hydrogen-bond acceptors (Lipinski definition) is 4. The van der Waals surface area contributed by atoms with Crippen LogP contribution < -0.4 is 15.5 Å². The summed E-state index contributed by atoms with van der Waals surface area (Å²) in [5.74, 6) is 1.40. The number of urea groups is 1. The third-order valence-corrected chi connectivity index (χ3v) is 3.80. The van der Waals surface area contributed by atoms with Crippen LogP contribution in [0.4, 0.5) is 16.6 Å². The van der Waals surface area contributed by atoms with Crippen LogP contribution >= 0.6 is 0 Å². The first-order valence-electron chi connectivity index (χ1n) is 7.99. The number of rotatable bonds is 4. The maximum absolute atomic E-state index is 12.3. The van der Waals surface area contributed by atoms with Crippen LogP contribution in [-0.2, 0) is 19.1 Å². The van der Waals surface area contributed by atoms with Gasteiger partial charge in [0.1, 0.15) is 11.9 Å². The van der Waals surface area contributed by atoms with Crippen LogP contribution in [0.2, 0.25) is 0 Å². The van der Waals surface area contributed by atoms with Crippen LogP contribution in [0.3, 0.4) is 0 Å². The molecule has 134 valence electrons. The van der Waals surface area contributed by atoms with Crippen molar-refractivity contribution in [1.82, 2.24) is 19.4 Å². The average Bonchev–Trinajstić information content (AvgIpc) is 3.08. The van der Waals surface area contributed by atoms with Crippen molar-refractivity contribution in [1.29, 1.82) is 5.26 Å². The Morgan fingerprint density at radius 1 is 1.40 bits per heavy atom. The molecule has 8 nitrogen and oxygen atoms in total. The zero-order valence-corrected chi connectivity index (χ0v) is 15.6. The molecule has 2 aromatic heterocycles. The molecule has 2 amide bonds. The van der Waals surface area contributed by atoms with E-state index in [-0.39, 0.29) is 11.6 Å². The van der Waals surface area contributed by atoms with Crippen LogP contribution in [0.1, 0.15) is 32.0 Å². The standard InChI is InChI=1S/C17H25N7O/c1-17(2,3)24-11-12(8-18)7-14(24)21-15(25)19-9-13-10-20-16(22(4)5)23(13)6/h7,10-11H,9H2,1-6H3,(H2,19,21,25). The highest BCUT2D eigenvalue weighted by atomic mass is 16.2. The number of anilines is 2. The number of carbonyl (C=O) groups excluding carboxylic acids is 1. The van der Waals surface area contributed by atoms with E-state index in [1.165, 1.54) is 0 Å². The highest BCUT2D eigenvalue weighted by molar-refractivity contribution is 5.88. The molecule has 0 saturated carbocycles. The second-order valence-corrected chi connectivity index (χ2v) is 7.08. The van der Waals surface area contributed by atoms with E-state index in [9.17, 15) is 4.79 Å². The van der Waals surface area contributed by atoms with E-state index < -0.39 is 0 Å². The number of amides is 2. The maximum Gasteiger partial charge on any atom is 0.320 e. The van der Waals surface area contributed by atoms with Gasteiger partial charge in [-0.05, 0) is 26.8 Å². The predicted molar refractivity (Wildman–Crippen MR) is 97.5 cm³/mol. The molecule has 2 N–H and O–H groups in total. The fourth-order valence-electron chi connectivity index (χ4n) is 2.52. The lowest BCUT2D eigenvalue weighted by Crippen LogP contribution is -2.32. The number of carbonyl (C=O) groups is 1. The first-order chi connectivity index (χ1) is 11.6. The molecule has 25 heavy (non-hydrogen) atoms. The van der Waals surface area contributed by atoms with Crippen molar-refractivity contribution in [3.05, 3.63) is 29.7 Å². The van der Waals surface area contributed by atoms with E-state index in [0.717, 1.165) is 11.6 Å². The van der Waals surface area contributed by atoms with Gasteiger partial charge in [0.15, 0.2) is 0 Å². The zero-order chi connectivity index (χ0) is 18.8.